The standard InChI is InChI=1S/C14H19FN2.ClH/c1-3-14(17-8-6-16-7-9-17)12-5-4-11(2)13(15)10-12;/h3-5,10,14,16H,1,6-9H2,2H3;1H/t14-;/m0./s1. The van der Waals surface area contributed by atoms with Gasteiger partial charge in [-0.2, -0.15) is 0 Å². The van der Waals surface area contributed by atoms with Crippen molar-refractivity contribution in [1.82, 2.24) is 10.2 Å². The van der Waals surface area contributed by atoms with Crippen molar-refractivity contribution in [3.05, 3.63) is 47.8 Å². The highest BCUT2D eigenvalue weighted by atomic mass is 35.5. The van der Waals surface area contributed by atoms with Crippen LogP contribution in [0, 0.1) is 12.7 Å². The van der Waals surface area contributed by atoms with Gasteiger partial charge in [-0.15, -0.1) is 19.0 Å². The summed E-state index contributed by atoms with van der Waals surface area (Å²) in [5, 5.41) is 3.32. The van der Waals surface area contributed by atoms with Gasteiger partial charge < -0.3 is 5.32 Å². The van der Waals surface area contributed by atoms with Gasteiger partial charge in [0.25, 0.3) is 0 Å². The maximum Gasteiger partial charge on any atom is 0.126 e. The summed E-state index contributed by atoms with van der Waals surface area (Å²) in [5.41, 5.74) is 1.68. The highest BCUT2D eigenvalue weighted by molar-refractivity contribution is 5.85. The smallest absolute Gasteiger partial charge is 0.126 e. The third kappa shape index (κ3) is 3.31. The molecule has 0 saturated carbocycles. The lowest BCUT2D eigenvalue weighted by Crippen LogP contribution is -2.44. The van der Waals surface area contributed by atoms with Gasteiger partial charge in [0.05, 0.1) is 6.04 Å². The third-order valence-corrected chi connectivity index (χ3v) is 3.31. The van der Waals surface area contributed by atoms with Crippen LogP contribution in [-0.2, 0) is 0 Å². The predicted octanol–water partition coefficient (Wildman–Crippen LogP) is 2.69. The van der Waals surface area contributed by atoms with Crippen LogP contribution in [0.25, 0.3) is 0 Å². The fraction of sp³-hybridized carbons (Fsp3) is 0.429. The van der Waals surface area contributed by atoms with Crippen LogP contribution in [0.15, 0.2) is 30.9 Å². The molecule has 2 nitrogen and oxygen atoms in total. The summed E-state index contributed by atoms with van der Waals surface area (Å²) in [6.07, 6.45) is 1.90. The lowest BCUT2D eigenvalue weighted by atomic mass is 10.0. The number of nitrogens with one attached hydrogen (secondary N) is 1. The number of piperazine rings is 1. The van der Waals surface area contributed by atoms with Crippen molar-refractivity contribution in [2.75, 3.05) is 26.2 Å². The van der Waals surface area contributed by atoms with E-state index in [0.717, 1.165) is 31.7 Å². The van der Waals surface area contributed by atoms with E-state index in [1.165, 1.54) is 0 Å². The molecule has 1 aromatic rings. The van der Waals surface area contributed by atoms with Crippen molar-refractivity contribution < 1.29 is 4.39 Å². The van der Waals surface area contributed by atoms with E-state index in [-0.39, 0.29) is 24.3 Å². The Morgan fingerprint density at radius 3 is 2.61 bits per heavy atom. The van der Waals surface area contributed by atoms with Gasteiger partial charge in [-0.3, -0.25) is 4.90 Å². The quantitative estimate of drug-likeness (QED) is 0.850. The van der Waals surface area contributed by atoms with Gasteiger partial charge in [-0.05, 0) is 24.1 Å². The lowest BCUT2D eigenvalue weighted by molar-refractivity contribution is 0.203. The van der Waals surface area contributed by atoms with Gasteiger partial charge in [0.15, 0.2) is 0 Å². The van der Waals surface area contributed by atoms with Crippen LogP contribution in [0.5, 0.6) is 0 Å². The fourth-order valence-electron chi connectivity index (χ4n) is 2.25. The molecule has 1 aliphatic heterocycles. The number of hydrogen-bond acceptors (Lipinski definition) is 2. The Morgan fingerprint density at radius 1 is 1.39 bits per heavy atom. The van der Waals surface area contributed by atoms with Crippen molar-refractivity contribution >= 4 is 12.4 Å². The molecular formula is C14H20ClFN2. The first kappa shape index (κ1) is 15.2. The zero-order chi connectivity index (χ0) is 12.3. The molecule has 1 aliphatic rings. The highest BCUT2D eigenvalue weighted by Gasteiger charge is 2.19. The molecule has 0 radical (unpaired) electrons. The lowest BCUT2D eigenvalue weighted by Gasteiger charge is -2.33. The van der Waals surface area contributed by atoms with Gasteiger partial charge in [-0.1, -0.05) is 18.2 Å². The van der Waals surface area contributed by atoms with E-state index in [4.69, 9.17) is 0 Å². The number of aryl methyl sites for hydroxylation is 1. The molecule has 0 amide bonds. The summed E-state index contributed by atoms with van der Waals surface area (Å²) in [4.78, 5) is 2.33. The largest absolute Gasteiger partial charge is 0.314 e. The second-order valence-corrected chi connectivity index (χ2v) is 4.48. The Hall–Kier alpha value is -0.900. The van der Waals surface area contributed by atoms with E-state index in [2.05, 4.69) is 16.8 Å². The Morgan fingerprint density at radius 2 is 2.06 bits per heavy atom. The number of benzene rings is 1. The number of rotatable bonds is 3. The Bertz CT molecular complexity index is 403. The van der Waals surface area contributed by atoms with Crippen LogP contribution in [-0.4, -0.2) is 31.1 Å². The fourth-order valence-corrected chi connectivity index (χ4v) is 2.25. The van der Waals surface area contributed by atoms with Crippen molar-refractivity contribution in [2.24, 2.45) is 0 Å². The minimum atomic E-state index is -0.135. The van der Waals surface area contributed by atoms with Crippen LogP contribution in [0.1, 0.15) is 17.2 Å². The number of hydrogen-bond donors (Lipinski definition) is 1. The molecular weight excluding hydrogens is 251 g/mol. The van der Waals surface area contributed by atoms with Crippen LogP contribution in [0.4, 0.5) is 4.39 Å². The zero-order valence-corrected chi connectivity index (χ0v) is 11.5. The van der Waals surface area contributed by atoms with Gasteiger partial charge in [0.1, 0.15) is 5.82 Å². The molecule has 1 N–H and O–H groups in total. The molecule has 0 aromatic heterocycles. The van der Waals surface area contributed by atoms with Crippen LogP contribution < -0.4 is 5.32 Å². The summed E-state index contributed by atoms with van der Waals surface area (Å²) < 4.78 is 13.6. The average Bonchev–Trinajstić information content (AvgIpc) is 2.36. The molecule has 0 bridgehead atoms. The molecule has 0 spiro atoms. The average molecular weight is 271 g/mol. The summed E-state index contributed by atoms with van der Waals surface area (Å²) in [6, 6.07) is 5.58. The van der Waals surface area contributed by atoms with Crippen LogP contribution >= 0.6 is 12.4 Å². The maximum absolute atomic E-state index is 13.6. The first-order chi connectivity index (χ1) is 8.22. The summed E-state index contributed by atoms with van der Waals surface area (Å²) in [5.74, 6) is -0.135. The Kier molecular flexibility index (Phi) is 5.79. The SMILES string of the molecule is C=C[C@@H](c1ccc(C)c(F)c1)N1CCNCC1.Cl. The molecule has 1 aromatic carbocycles. The first-order valence-corrected chi connectivity index (χ1v) is 6.06. The maximum atomic E-state index is 13.6. The molecule has 0 aliphatic carbocycles. The van der Waals surface area contributed by atoms with Crippen LogP contribution in [0.3, 0.4) is 0 Å². The van der Waals surface area contributed by atoms with E-state index in [9.17, 15) is 4.39 Å². The molecule has 1 fully saturated rings. The monoisotopic (exact) mass is 270 g/mol. The zero-order valence-electron chi connectivity index (χ0n) is 10.7. The van der Waals surface area contributed by atoms with Crippen molar-refractivity contribution in [1.29, 1.82) is 0 Å². The van der Waals surface area contributed by atoms with E-state index >= 15 is 0 Å². The van der Waals surface area contributed by atoms with Crippen molar-refractivity contribution in [3.63, 3.8) is 0 Å². The molecule has 1 heterocycles. The number of nitrogens with zero attached hydrogens (tertiary/aromatic N) is 1. The molecule has 1 atom stereocenters. The van der Waals surface area contributed by atoms with Gasteiger partial charge >= 0.3 is 0 Å². The van der Waals surface area contributed by atoms with Crippen molar-refractivity contribution in [3.8, 4) is 0 Å². The Balaban J connectivity index is 0.00000162. The minimum Gasteiger partial charge on any atom is -0.314 e. The first-order valence-electron chi connectivity index (χ1n) is 6.06. The normalized spacial score (nSPS) is 17.9. The minimum absolute atomic E-state index is 0. The van der Waals surface area contributed by atoms with Crippen molar-refractivity contribution in [2.45, 2.75) is 13.0 Å². The third-order valence-electron chi connectivity index (χ3n) is 3.31. The molecule has 2 rings (SSSR count). The van der Waals surface area contributed by atoms with E-state index in [0.29, 0.717) is 5.56 Å². The van der Waals surface area contributed by atoms with Crippen LogP contribution in [0.2, 0.25) is 0 Å². The molecule has 18 heavy (non-hydrogen) atoms. The van der Waals surface area contributed by atoms with Gasteiger partial charge in [0, 0.05) is 26.2 Å². The van der Waals surface area contributed by atoms with E-state index in [1.807, 2.05) is 18.2 Å². The topological polar surface area (TPSA) is 15.3 Å². The molecule has 1 saturated heterocycles. The van der Waals surface area contributed by atoms with Gasteiger partial charge in [-0.25, -0.2) is 4.39 Å². The number of halogens is 2. The second kappa shape index (κ2) is 6.88. The summed E-state index contributed by atoms with van der Waals surface area (Å²) >= 11 is 0. The Labute approximate surface area is 114 Å². The predicted molar refractivity (Wildman–Crippen MR) is 75.8 cm³/mol. The van der Waals surface area contributed by atoms with E-state index in [1.54, 1.807) is 13.0 Å². The summed E-state index contributed by atoms with van der Waals surface area (Å²) in [6.45, 7) is 9.59. The molecule has 4 heteroatoms. The second-order valence-electron chi connectivity index (χ2n) is 4.48. The van der Waals surface area contributed by atoms with E-state index < -0.39 is 0 Å². The molecule has 0 unspecified atom stereocenters. The summed E-state index contributed by atoms with van der Waals surface area (Å²) in [7, 11) is 0. The molecule has 100 valence electrons. The highest BCUT2D eigenvalue weighted by Crippen LogP contribution is 2.23. The van der Waals surface area contributed by atoms with Gasteiger partial charge in [0.2, 0.25) is 0 Å².